The molecule has 0 heterocycles. The Hall–Kier alpha value is -1.16. The summed E-state index contributed by atoms with van der Waals surface area (Å²) in [7, 11) is 0. The number of aliphatic hydroxyl groups excluding tert-OH is 1. The number of allylic oxidation sites excluding steroid dienone is 1. The number of ketones is 1. The predicted octanol–water partition coefficient (Wildman–Crippen LogP) is 6.02. The highest BCUT2D eigenvalue weighted by atomic mass is 16.4. The number of Topliss-reactive ketones (excluding diaryl/α,β-unsaturated/α-hetero) is 1. The zero-order chi connectivity index (χ0) is 24.1. The molecule has 2 N–H and O–H groups in total. The van der Waals surface area contributed by atoms with E-state index in [1.54, 1.807) is 0 Å². The van der Waals surface area contributed by atoms with Crippen LogP contribution in [-0.2, 0) is 9.59 Å². The van der Waals surface area contributed by atoms with Gasteiger partial charge < -0.3 is 10.2 Å². The smallest absolute Gasteiger partial charge is 0.314 e. The Morgan fingerprint density at radius 2 is 1.58 bits per heavy atom. The lowest BCUT2D eigenvalue weighted by atomic mass is 9.36. The maximum absolute atomic E-state index is 13.1. The Morgan fingerprint density at radius 1 is 0.909 bits per heavy atom. The molecule has 4 saturated carbocycles. The zero-order valence-corrected chi connectivity index (χ0v) is 21.5. The van der Waals surface area contributed by atoms with Gasteiger partial charge in [-0.15, -0.1) is 0 Å². The molecule has 4 nitrogen and oxygen atoms in total. The highest BCUT2D eigenvalue weighted by Crippen LogP contribution is 2.72. The number of carboxylic acids is 1. The molecule has 0 aromatic carbocycles. The Balaban J connectivity index is 1.57. The fourth-order valence-corrected chi connectivity index (χ4v) is 10.5. The molecule has 5 rings (SSSR count). The summed E-state index contributed by atoms with van der Waals surface area (Å²) < 4.78 is 0. The first-order valence-electron chi connectivity index (χ1n) is 13.5. The first-order valence-corrected chi connectivity index (χ1v) is 13.5. The first kappa shape index (κ1) is 23.6. The van der Waals surface area contributed by atoms with Gasteiger partial charge in [-0.25, -0.2) is 0 Å². The van der Waals surface area contributed by atoms with E-state index in [9.17, 15) is 19.8 Å². The van der Waals surface area contributed by atoms with E-state index in [0.29, 0.717) is 24.2 Å². The number of rotatable bonds is 2. The van der Waals surface area contributed by atoms with Gasteiger partial charge >= 0.3 is 5.97 Å². The van der Waals surface area contributed by atoms with Crippen LogP contribution in [-0.4, -0.2) is 28.1 Å². The first-order chi connectivity index (χ1) is 15.3. The minimum atomic E-state index is -0.945. The molecular formula is C29H44O4. The second-order valence-electron chi connectivity index (χ2n) is 13.8. The van der Waals surface area contributed by atoms with Crippen LogP contribution in [0.4, 0.5) is 0 Å². The van der Waals surface area contributed by atoms with E-state index >= 15 is 0 Å². The molecule has 0 aromatic heterocycles. The third-order valence-electron chi connectivity index (χ3n) is 12.0. The summed E-state index contributed by atoms with van der Waals surface area (Å²) in [4.78, 5) is 25.8. The summed E-state index contributed by atoms with van der Waals surface area (Å²) in [6, 6.07) is 0. The molecule has 184 valence electrons. The number of hydrogen-bond donors (Lipinski definition) is 2. The highest BCUT2D eigenvalue weighted by Gasteiger charge is 2.67. The van der Waals surface area contributed by atoms with Gasteiger partial charge in [0.25, 0.3) is 0 Å². The summed E-state index contributed by atoms with van der Waals surface area (Å²) in [5.41, 5.74) is 1.30. The van der Waals surface area contributed by atoms with Gasteiger partial charge in [-0.3, -0.25) is 9.59 Å². The average molecular weight is 457 g/mol. The van der Waals surface area contributed by atoms with E-state index in [1.165, 1.54) is 0 Å². The fraction of sp³-hybridized carbons (Fsp3) is 0.862. The number of fused-ring (bicyclic) bond motifs is 7. The van der Waals surface area contributed by atoms with Gasteiger partial charge in [0, 0.05) is 6.42 Å². The van der Waals surface area contributed by atoms with Crippen molar-refractivity contribution in [1.29, 1.82) is 0 Å². The van der Waals surface area contributed by atoms with Gasteiger partial charge in [-0.2, -0.15) is 0 Å². The molecule has 0 aromatic rings. The number of carboxylic acid groups (broad SMARTS) is 1. The molecule has 8 unspecified atom stereocenters. The van der Waals surface area contributed by atoms with Gasteiger partial charge in [0.05, 0.1) is 11.5 Å². The van der Waals surface area contributed by atoms with Crippen LogP contribution < -0.4 is 0 Å². The number of aliphatic carboxylic acids is 1. The fourth-order valence-electron chi connectivity index (χ4n) is 10.5. The quantitative estimate of drug-likeness (QED) is 0.532. The second kappa shape index (κ2) is 7.18. The summed E-state index contributed by atoms with van der Waals surface area (Å²) in [6.07, 6.45) is 7.94. The van der Waals surface area contributed by atoms with E-state index < -0.39 is 11.4 Å². The lowest BCUT2D eigenvalue weighted by molar-refractivity contribution is -0.203. The van der Waals surface area contributed by atoms with Crippen LogP contribution in [0.25, 0.3) is 0 Å². The van der Waals surface area contributed by atoms with Crippen LogP contribution in [0, 0.1) is 51.2 Å². The van der Waals surface area contributed by atoms with E-state index in [0.717, 1.165) is 56.1 Å². The third-order valence-corrected chi connectivity index (χ3v) is 12.0. The SMILES string of the molecule is CC(C)C1=C2C3CCC4C(C)(CCC5C(C)(C)C(O)CCC54C)C3CCC2(C(=O)O)CC1=O. The molecule has 0 bridgehead atoms. The van der Waals surface area contributed by atoms with Crippen LogP contribution in [0.15, 0.2) is 11.1 Å². The summed E-state index contributed by atoms with van der Waals surface area (Å²) in [5, 5.41) is 21.2. The summed E-state index contributed by atoms with van der Waals surface area (Å²) >= 11 is 0. The van der Waals surface area contributed by atoms with Crippen molar-refractivity contribution < 1.29 is 19.8 Å². The minimum absolute atomic E-state index is 0.0542. The Bertz CT molecular complexity index is 915. The molecule has 4 heteroatoms. The highest BCUT2D eigenvalue weighted by molar-refractivity contribution is 6.05. The number of aliphatic hydroxyl groups is 1. The molecule has 33 heavy (non-hydrogen) atoms. The maximum atomic E-state index is 13.1. The molecular weight excluding hydrogens is 412 g/mol. The van der Waals surface area contributed by atoms with Crippen LogP contribution in [0.3, 0.4) is 0 Å². The van der Waals surface area contributed by atoms with Crippen molar-refractivity contribution in [3.8, 4) is 0 Å². The standard InChI is InChI=1S/C29H44O4/c1-16(2)23-19(30)15-29(25(32)33)14-9-18-17(24(23)29)7-8-21-27(18,5)12-10-20-26(3,4)22(31)11-13-28(20,21)6/h16-18,20-22,31H,7-15H2,1-6H3,(H,32,33). The third kappa shape index (κ3) is 2.85. The Morgan fingerprint density at radius 3 is 2.21 bits per heavy atom. The van der Waals surface area contributed by atoms with E-state index in [4.69, 9.17) is 0 Å². The molecule has 5 aliphatic rings. The second-order valence-corrected chi connectivity index (χ2v) is 13.8. The van der Waals surface area contributed by atoms with Crippen LogP contribution in [0.2, 0.25) is 0 Å². The number of carbonyl (C=O) groups excluding carboxylic acids is 1. The van der Waals surface area contributed by atoms with Crippen molar-refractivity contribution in [1.82, 2.24) is 0 Å². The minimum Gasteiger partial charge on any atom is -0.481 e. The average Bonchev–Trinajstić information content (AvgIpc) is 3.04. The lowest BCUT2D eigenvalue weighted by Gasteiger charge is -2.68. The normalized spacial score (nSPS) is 48.7. The van der Waals surface area contributed by atoms with Gasteiger partial charge in [-0.1, -0.05) is 41.5 Å². The van der Waals surface area contributed by atoms with Crippen molar-refractivity contribution in [3.63, 3.8) is 0 Å². The van der Waals surface area contributed by atoms with Crippen molar-refractivity contribution in [2.45, 2.75) is 105 Å². The van der Waals surface area contributed by atoms with E-state index in [-0.39, 0.29) is 46.4 Å². The molecule has 0 saturated heterocycles. The Labute approximate surface area is 199 Å². The molecule has 4 fully saturated rings. The van der Waals surface area contributed by atoms with Crippen molar-refractivity contribution in [3.05, 3.63) is 11.1 Å². The van der Waals surface area contributed by atoms with Crippen LogP contribution in [0.5, 0.6) is 0 Å². The largest absolute Gasteiger partial charge is 0.481 e. The zero-order valence-electron chi connectivity index (χ0n) is 21.5. The molecule has 0 radical (unpaired) electrons. The van der Waals surface area contributed by atoms with Crippen molar-refractivity contribution in [2.75, 3.05) is 0 Å². The predicted molar refractivity (Wildman–Crippen MR) is 128 cm³/mol. The molecule has 0 amide bonds. The van der Waals surface area contributed by atoms with E-state index in [2.05, 4.69) is 41.5 Å². The number of carbonyl (C=O) groups is 2. The van der Waals surface area contributed by atoms with Gasteiger partial charge in [-0.05, 0) is 108 Å². The summed E-state index contributed by atoms with van der Waals surface area (Å²) in [5.74, 6) is 1.25. The van der Waals surface area contributed by atoms with Gasteiger partial charge in [0.2, 0.25) is 0 Å². The van der Waals surface area contributed by atoms with Crippen molar-refractivity contribution >= 4 is 11.8 Å². The van der Waals surface area contributed by atoms with Crippen LogP contribution in [0.1, 0.15) is 99.3 Å². The van der Waals surface area contributed by atoms with E-state index in [1.807, 2.05) is 0 Å². The topological polar surface area (TPSA) is 74.6 Å². The van der Waals surface area contributed by atoms with Gasteiger partial charge in [0.15, 0.2) is 5.78 Å². The van der Waals surface area contributed by atoms with Crippen molar-refractivity contribution in [2.24, 2.45) is 51.2 Å². The molecule has 5 aliphatic carbocycles. The maximum Gasteiger partial charge on any atom is 0.314 e. The summed E-state index contributed by atoms with van der Waals surface area (Å²) in [6.45, 7) is 13.7. The number of hydrogen-bond acceptors (Lipinski definition) is 3. The van der Waals surface area contributed by atoms with Gasteiger partial charge in [0.1, 0.15) is 0 Å². The van der Waals surface area contributed by atoms with Crippen LogP contribution >= 0.6 is 0 Å². The monoisotopic (exact) mass is 456 g/mol. The molecule has 8 atom stereocenters. The lowest BCUT2D eigenvalue weighted by Crippen LogP contribution is -2.62. The Kier molecular flexibility index (Phi) is 5.13. The molecule has 0 aliphatic heterocycles. The molecule has 0 spiro atoms.